The summed E-state index contributed by atoms with van der Waals surface area (Å²) in [7, 11) is -3.26. The summed E-state index contributed by atoms with van der Waals surface area (Å²) < 4.78 is 24.1. The summed E-state index contributed by atoms with van der Waals surface area (Å²) in [4.78, 5) is 0.856. The van der Waals surface area contributed by atoms with Gasteiger partial charge in [-0.05, 0) is 32.4 Å². The molecule has 0 heterocycles. The van der Waals surface area contributed by atoms with Crippen LogP contribution in [0.25, 0.3) is 0 Å². The zero-order chi connectivity index (χ0) is 11.5. The fraction of sp³-hybridized carbons (Fsp3) is 0.333. The van der Waals surface area contributed by atoms with Gasteiger partial charge in [0.05, 0.1) is 4.90 Å². The molecule has 0 fully saturated rings. The van der Waals surface area contributed by atoms with E-state index in [1.807, 2.05) is 26.0 Å². The van der Waals surface area contributed by atoms with Gasteiger partial charge in [-0.2, -0.15) is 0 Å². The van der Waals surface area contributed by atoms with Crippen LogP contribution in [-0.2, 0) is 9.84 Å². The first kappa shape index (κ1) is 12.0. The summed E-state index contributed by atoms with van der Waals surface area (Å²) in [6.45, 7) is 5.54. The molecule has 0 N–H and O–H groups in total. The van der Waals surface area contributed by atoms with Gasteiger partial charge in [-0.25, -0.2) is 8.42 Å². The molecular formula is C12H16O2S. The Labute approximate surface area is 91.6 Å². The van der Waals surface area contributed by atoms with Crippen molar-refractivity contribution in [2.45, 2.75) is 32.1 Å². The van der Waals surface area contributed by atoms with Gasteiger partial charge < -0.3 is 0 Å². The van der Waals surface area contributed by atoms with Crippen LogP contribution in [-0.4, -0.2) is 8.42 Å². The maximum absolute atomic E-state index is 12.0. The molecule has 0 atom stereocenters. The van der Waals surface area contributed by atoms with Crippen LogP contribution in [0, 0.1) is 6.92 Å². The molecule has 0 spiro atoms. The molecule has 2 nitrogen and oxygen atoms in total. The summed E-state index contributed by atoms with van der Waals surface area (Å²) in [6.07, 6.45) is 2.20. The highest BCUT2D eigenvalue weighted by atomic mass is 32.2. The number of benzene rings is 1. The molecular weight excluding hydrogens is 208 g/mol. The van der Waals surface area contributed by atoms with Crippen LogP contribution in [0.15, 0.2) is 40.1 Å². The number of aryl methyl sites for hydroxylation is 1. The molecule has 3 heteroatoms. The highest BCUT2D eigenvalue weighted by Gasteiger charge is 2.17. The minimum absolute atomic E-state index is 0.378. The summed E-state index contributed by atoms with van der Waals surface area (Å²) in [6, 6.07) is 6.94. The van der Waals surface area contributed by atoms with E-state index in [0.717, 1.165) is 5.56 Å². The highest BCUT2D eigenvalue weighted by molar-refractivity contribution is 7.95. The van der Waals surface area contributed by atoms with Gasteiger partial charge in [-0.15, -0.1) is 0 Å². The SMILES string of the molecule is C/C=C(/CC)S(=O)(=O)c1ccc(C)cc1. The molecule has 0 aliphatic carbocycles. The van der Waals surface area contributed by atoms with Crippen molar-refractivity contribution in [2.24, 2.45) is 0 Å². The van der Waals surface area contributed by atoms with Crippen LogP contribution in [0.5, 0.6) is 0 Å². The third-order valence-electron chi connectivity index (χ3n) is 2.35. The fourth-order valence-corrected chi connectivity index (χ4v) is 2.91. The van der Waals surface area contributed by atoms with E-state index < -0.39 is 9.84 Å². The monoisotopic (exact) mass is 224 g/mol. The van der Waals surface area contributed by atoms with Gasteiger partial charge in [0.2, 0.25) is 9.84 Å². The van der Waals surface area contributed by atoms with Crippen molar-refractivity contribution in [3.63, 3.8) is 0 Å². The Morgan fingerprint density at radius 1 is 1.27 bits per heavy atom. The van der Waals surface area contributed by atoms with Gasteiger partial charge in [0, 0.05) is 4.91 Å². The average molecular weight is 224 g/mol. The summed E-state index contributed by atoms with van der Waals surface area (Å²) in [5.74, 6) is 0. The smallest absolute Gasteiger partial charge is 0.202 e. The number of hydrogen-bond donors (Lipinski definition) is 0. The van der Waals surface area contributed by atoms with Crippen LogP contribution in [0.1, 0.15) is 25.8 Å². The summed E-state index contributed by atoms with van der Waals surface area (Å²) >= 11 is 0. The van der Waals surface area contributed by atoms with Crippen molar-refractivity contribution in [3.8, 4) is 0 Å². The zero-order valence-corrected chi connectivity index (χ0v) is 10.1. The van der Waals surface area contributed by atoms with Crippen LogP contribution in [0.3, 0.4) is 0 Å². The van der Waals surface area contributed by atoms with Crippen LogP contribution < -0.4 is 0 Å². The van der Waals surface area contributed by atoms with Crippen molar-refractivity contribution in [3.05, 3.63) is 40.8 Å². The predicted octanol–water partition coefficient (Wildman–Crippen LogP) is 3.08. The Kier molecular flexibility index (Phi) is 3.69. The second kappa shape index (κ2) is 4.62. The van der Waals surface area contributed by atoms with Gasteiger partial charge in [0.25, 0.3) is 0 Å². The standard InChI is InChI=1S/C12H16O2S/c1-4-11(5-2)15(13,14)12-8-6-10(3)7-9-12/h4,6-9H,5H2,1-3H3/b11-4-. The van der Waals surface area contributed by atoms with Gasteiger partial charge in [-0.3, -0.25) is 0 Å². The highest BCUT2D eigenvalue weighted by Crippen LogP contribution is 2.21. The van der Waals surface area contributed by atoms with Gasteiger partial charge in [0.15, 0.2) is 0 Å². The van der Waals surface area contributed by atoms with Crippen molar-refractivity contribution in [1.82, 2.24) is 0 Å². The van der Waals surface area contributed by atoms with Crippen molar-refractivity contribution < 1.29 is 8.42 Å². The topological polar surface area (TPSA) is 34.1 Å². The second-order valence-corrected chi connectivity index (χ2v) is 5.43. The first-order valence-electron chi connectivity index (χ1n) is 4.99. The first-order chi connectivity index (χ1) is 7.02. The van der Waals surface area contributed by atoms with Gasteiger partial charge in [-0.1, -0.05) is 30.7 Å². The Morgan fingerprint density at radius 3 is 2.20 bits per heavy atom. The van der Waals surface area contributed by atoms with Crippen molar-refractivity contribution in [1.29, 1.82) is 0 Å². The van der Waals surface area contributed by atoms with E-state index >= 15 is 0 Å². The quantitative estimate of drug-likeness (QED) is 0.790. The summed E-state index contributed by atoms with van der Waals surface area (Å²) in [5.41, 5.74) is 1.06. The van der Waals surface area contributed by atoms with Crippen LogP contribution in [0.2, 0.25) is 0 Å². The number of allylic oxidation sites excluding steroid dienone is 2. The lowest BCUT2D eigenvalue weighted by Gasteiger charge is -2.06. The first-order valence-corrected chi connectivity index (χ1v) is 6.47. The normalized spacial score (nSPS) is 12.9. The zero-order valence-electron chi connectivity index (χ0n) is 9.32. The molecule has 0 unspecified atom stereocenters. The lowest BCUT2D eigenvalue weighted by Crippen LogP contribution is -2.03. The minimum Gasteiger partial charge on any atom is -0.219 e. The molecule has 1 rings (SSSR count). The Morgan fingerprint density at radius 2 is 1.80 bits per heavy atom. The Balaban J connectivity index is 3.23. The van der Waals surface area contributed by atoms with Gasteiger partial charge in [0.1, 0.15) is 0 Å². The Bertz CT molecular complexity index is 453. The molecule has 1 aromatic rings. The molecule has 0 saturated heterocycles. The average Bonchev–Trinajstić information content (AvgIpc) is 2.19. The third-order valence-corrected chi connectivity index (χ3v) is 4.45. The number of rotatable bonds is 3. The van der Waals surface area contributed by atoms with E-state index in [-0.39, 0.29) is 0 Å². The van der Waals surface area contributed by atoms with Gasteiger partial charge >= 0.3 is 0 Å². The molecule has 82 valence electrons. The Hall–Kier alpha value is -1.09. The number of hydrogen-bond acceptors (Lipinski definition) is 2. The van der Waals surface area contributed by atoms with E-state index in [9.17, 15) is 8.42 Å². The second-order valence-electron chi connectivity index (χ2n) is 3.43. The largest absolute Gasteiger partial charge is 0.219 e. The molecule has 0 aliphatic rings. The maximum atomic E-state index is 12.0. The predicted molar refractivity (Wildman–Crippen MR) is 62.4 cm³/mol. The van der Waals surface area contributed by atoms with E-state index in [4.69, 9.17) is 0 Å². The van der Waals surface area contributed by atoms with Crippen molar-refractivity contribution >= 4 is 9.84 Å². The summed E-state index contributed by atoms with van der Waals surface area (Å²) in [5, 5.41) is 0. The molecule has 1 aromatic carbocycles. The lowest BCUT2D eigenvalue weighted by atomic mass is 10.2. The number of sulfone groups is 1. The molecule has 15 heavy (non-hydrogen) atoms. The van der Waals surface area contributed by atoms with E-state index in [2.05, 4.69) is 0 Å². The van der Waals surface area contributed by atoms with Crippen LogP contribution in [0.4, 0.5) is 0 Å². The molecule has 0 radical (unpaired) electrons. The van der Waals surface area contributed by atoms with E-state index in [0.29, 0.717) is 16.2 Å². The van der Waals surface area contributed by atoms with E-state index in [1.54, 1.807) is 25.1 Å². The lowest BCUT2D eigenvalue weighted by molar-refractivity contribution is 0.600. The molecule has 0 aromatic heterocycles. The fourth-order valence-electron chi connectivity index (χ4n) is 1.42. The maximum Gasteiger partial charge on any atom is 0.202 e. The third kappa shape index (κ3) is 2.48. The minimum atomic E-state index is -3.26. The molecule has 0 aliphatic heterocycles. The molecule has 0 amide bonds. The molecule has 0 bridgehead atoms. The van der Waals surface area contributed by atoms with Crippen LogP contribution >= 0.6 is 0 Å². The van der Waals surface area contributed by atoms with E-state index in [1.165, 1.54) is 0 Å². The van der Waals surface area contributed by atoms with Crippen molar-refractivity contribution in [2.75, 3.05) is 0 Å². The molecule has 0 saturated carbocycles.